The highest BCUT2D eigenvalue weighted by atomic mass is 32.2. The molecule has 0 saturated carbocycles. The standard InChI is InChI=1S/C24H33N3O5S/c1-6-14-25-24(29)19(3)26(16-20-11-8-7-10-18(20)2)23(28)17-27(33(5,30)31)21-12-9-13-22(15-21)32-4/h7-13,15,19H,6,14,16-17H2,1-5H3,(H,25,29)/t19-/m0/s1. The number of hydrogen-bond acceptors (Lipinski definition) is 5. The molecule has 9 heteroatoms. The Labute approximate surface area is 196 Å². The van der Waals surface area contributed by atoms with E-state index in [0.29, 0.717) is 18.0 Å². The molecule has 0 aliphatic rings. The van der Waals surface area contributed by atoms with E-state index in [9.17, 15) is 18.0 Å². The second-order valence-electron chi connectivity index (χ2n) is 7.89. The van der Waals surface area contributed by atoms with Crippen molar-refractivity contribution in [3.8, 4) is 5.75 Å². The van der Waals surface area contributed by atoms with Crippen molar-refractivity contribution in [2.45, 2.75) is 39.8 Å². The van der Waals surface area contributed by atoms with Crippen LogP contribution < -0.4 is 14.4 Å². The third-order valence-corrected chi connectivity index (χ3v) is 6.48. The third-order valence-electron chi connectivity index (χ3n) is 5.34. The van der Waals surface area contributed by atoms with E-state index >= 15 is 0 Å². The fraction of sp³-hybridized carbons (Fsp3) is 0.417. The summed E-state index contributed by atoms with van der Waals surface area (Å²) in [4.78, 5) is 27.6. The number of ether oxygens (including phenoxy) is 1. The molecule has 2 aromatic carbocycles. The first kappa shape index (κ1) is 26.2. The molecule has 1 atom stereocenters. The Morgan fingerprint density at radius 1 is 1.12 bits per heavy atom. The van der Waals surface area contributed by atoms with Crippen LogP contribution >= 0.6 is 0 Å². The van der Waals surface area contributed by atoms with Gasteiger partial charge in [0.05, 0.1) is 19.1 Å². The molecule has 2 amide bonds. The first-order chi connectivity index (χ1) is 15.6. The van der Waals surface area contributed by atoms with Gasteiger partial charge < -0.3 is 15.0 Å². The van der Waals surface area contributed by atoms with Gasteiger partial charge in [-0.3, -0.25) is 13.9 Å². The highest BCUT2D eigenvalue weighted by molar-refractivity contribution is 7.92. The van der Waals surface area contributed by atoms with E-state index in [-0.39, 0.29) is 12.5 Å². The zero-order chi connectivity index (χ0) is 24.6. The van der Waals surface area contributed by atoms with Crippen LogP contribution in [0.1, 0.15) is 31.4 Å². The van der Waals surface area contributed by atoms with Gasteiger partial charge in [-0.25, -0.2) is 8.42 Å². The highest BCUT2D eigenvalue weighted by Crippen LogP contribution is 2.24. The second-order valence-corrected chi connectivity index (χ2v) is 9.79. The predicted octanol–water partition coefficient (Wildman–Crippen LogP) is 2.71. The monoisotopic (exact) mass is 475 g/mol. The van der Waals surface area contributed by atoms with Gasteiger partial charge in [0.15, 0.2) is 0 Å². The van der Waals surface area contributed by atoms with Gasteiger partial charge in [0.1, 0.15) is 18.3 Å². The zero-order valence-electron chi connectivity index (χ0n) is 19.9. The molecule has 0 radical (unpaired) electrons. The van der Waals surface area contributed by atoms with Crippen LogP contribution in [0, 0.1) is 6.92 Å². The quantitative estimate of drug-likeness (QED) is 0.539. The van der Waals surface area contributed by atoms with Crippen LogP contribution in [0.25, 0.3) is 0 Å². The number of aryl methyl sites for hydroxylation is 1. The zero-order valence-corrected chi connectivity index (χ0v) is 20.7. The molecule has 2 aromatic rings. The number of benzene rings is 2. The minimum absolute atomic E-state index is 0.182. The Hall–Kier alpha value is -3.07. The molecule has 33 heavy (non-hydrogen) atoms. The normalized spacial score (nSPS) is 12.0. The molecular formula is C24H33N3O5S. The molecule has 0 aliphatic carbocycles. The van der Waals surface area contributed by atoms with E-state index in [1.54, 1.807) is 31.2 Å². The van der Waals surface area contributed by atoms with Gasteiger partial charge in [-0.1, -0.05) is 37.3 Å². The average molecular weight is 476 g/mol. The number of sulfonamides is 1. The van der Waals surface area contributed by atoms with Crippen LogP contribution in [0.3, 0.4) is 0 Å². The van der Waals surface area contributed by atoms with Crippen molar-refractivity contribution in [1.29, 1.82) is 0 Å². The molecule has 0 bridgehead atoms. The van der Waals surface area contributed by atoms with Crippen LogP contribution in [-0.2, 0) is 26.2 Å². The predicted molar refractivity (Wildman–Crippen MR) is 130 cm³/mol. The lowest BCUT2D eigenvalue weighted by molar-refractivity contribution is -0.139. The van der Waals surface area contributed by atoms with E-state index in [1.807, 2.05) is 38.1 Å². The Morgan fingerprint density at radius 3 is 2.42 bits per heavy atom. The minimum atomic E-state index is -3.78. The molecule has 0 unspecified atom stereocenters. The highest BCUT2D eigenvalue weighted by Gasteiger charge is 2.30. The van der Waals surface area contributed by atoms with Gasteiger partial charge in [0, 0.05) is 19.2 Å². The Bertz CT molecular complexity index is 1070. The Balaban J connectivity index is 2.39. The van der Waals surface area contributed by atoms with Crippen molar-refractivity contribution in [2.75, 3.05) is 30.8 Å². The van der Waals surface area contributed by atoms with Crippen molar-refractivity contribution >= 4 is 27.5 Å². The number of nitrogens with one attached hydrogen (secondary N) is 1. The number of carbonyl (C=O) groups is 2. The summed E-state index contributed by atoms with van der Waals surface area (Å²) in [7, 11) is -2.30. The van der Waals surface area contributed by atoms with Crippen molar-refractivity contribution in [3.63, 3.8) is 0 Å². The van der Waals surface area contributed by atoms with E-state index in [2.05, 4.69) is 5.32 Å². The SMILES string of the molecule is CCCNC(=O)[C@H](C)N(Cc1ccccc1C)C(=O)CN(c1cccc(OC)c1)S(C)(=O)=O. The summed E-state index contributed by atoms with van der Waals surface area (Å²) in [5, 5.41) is 2.82. The number of rotatable bonds is 11. The number of methoxy groups -OCH3 is 1. The summed E-state index contributed by atoms with van der Waals surface area (Å²) in [6.45, 7) is 5.76. The lowest BCUT2D eigenvalue weighted by Gasteiger charge is -2.32. The Morgan fingerprint density at radius 2 is 1.82 bits per heavy atom. The lowest BCUT2D eigenvalue weighted by Crippen LogP contribution is -2.51. The second kappa shape index (κ2) is 11.7. The summed E-state index contributed by atoms with van der Waals surface area (Å²) >= 11 is 0. The van der Waals surface area contributed by atoms with E-state index in [4.69, 9.17) is 4.74 Å². The van der Waals surface area contributed by atoms with Crippen LogP contribution in [0.15, 0.2) is 48.5 Å². The molecule has 0 aliphatic heterocycles. The third kappa shape index (κ3) is 7.21. The van der Waals surface area contributed by atoms with Gasteiger partial charge in [0.2, 0.25) is 21.8 Å². The molecule has 1 N–H and O–H groups in total. The maximum absolute atomic E-state index is 13.5. The minimum Gasteiger partial charge on any atom is -0.497 e. The molecule has 2 rings (SSSR count). The van der Waals surface area contributed by atoms with Crippen LogP contribution in [0.4, 0.5) is 5.69 Å². The van der Waals surface area contributed by atoms with Crippen molar-refractivity contribution in [1.82, 2.24) is 10.2 Å². The van der Waals surface area contributed by atoms with Crippen molar-refractivity contribution < 1.29 is 22.7 Å². The average Bonchev–Trinajstić information content (AvgIpc) is 2.79. The molecule has 0 heterocycles. The fourth-order valence-corrected chi connectivity index (χ4v) is 4.17. The summed E-state index contributed by atoms with van der Waals surface area (Å²) < 4.78 is 31.4. The first-order valence-electron chi connectivity index (χ1n) is 10.8. The number of hydrogen-bond donors (Lipinski definition) is 1. The van der Waals surface area contributed by atoms with E-state index < -0.39 is 28.5 Å². The number of carbonyl (C=O) groups excluding carboxylic acids is 2. The van der Waals surface area contributed by atoms with E-state index in [1.165, 1.54) is 12.0 Å². The largest absolute Gasteiger partial charge is 0.497 e. The summed E-state index contributed by atoms with van der Waals surface area (Å²) in [5.74, 6) is -0.297. The smallest absolute Gasteiger partial charge is 0.244 e. The van der Waals surface area contributed by atoms with Gasteiger partial charge in [-0.05, 0) is 43.5 Å². The molecule has 180 valence electrons. The van der Waals surface area contributed by atoms with Crippen LogP contribution in [0.2, 0.25) is 0 Å². The van der Waals surface area contributed by atoms with Gasteiger partial charge in [-0.2, -0.15) is 0 Å². The molecule has 8 nitrogen and oxygen atoms in total. The van der Waals surface area contributed by atoms with Crippen molar-refractivity contribution in [3.05, 3.63) is 59.7 Å². The Kier molecular flexibility index (Phi) is 9.28. The van der Waals surface area contributed by atoms with E-state index in [0.717, 1.165) is 28.1 Å². The number of nitrogens with zero attached hydrogens (tertiary/aromatic N) is 2. The number of amides is 2. The molecule has 0 fully saturated rings. The van der Waals surface area contributed by atoms with Crippen LogP contribution in [-0.4, -0.2) is 57.6 Å². The maximum atomic E-state index is 13.5. The molecule has 0 aromatic heterocycles. The van der Waals surface area contributed by atoms with Gasteiger partial charge in [-0.15, -0.1) is 0 Å². The summed E-state index contributed by atoms with van der Waals surface area (Å²) in [6, 6.07) is 13.3. The van der Waals surface area contributed by atoms with Gasteiger partial charge >= 0.3 is 0 Å². The summed E-state index contributed by atoms with van der Waals surface area (Å²) in [5.41, 5.74) is 2.17. The number of anilines is 1. The van der Waals surface area contributed by atoms with Crippen LogP contribution in [0.5, 0.6) is 5.75 Å². The first-order valence-corrected chi connectivity index (χ1v) is 12.7. The topological polar surface area (TPSA) is 96.0 Å². The van der Waals surface area contributed by atoms with Crippen molar-refractivity contribution in [2.24, 2.45) is 0 Å². The lowest BCUT2D eigenvalue weighted by atomic mass is 10.1. The van der Waals surface area contributed by atoms with Gasteiger partial charge in [0.25, 0.3) is 0 Å². The summed E-state index contributed by atoms with van der Waals surface area (Å²) in [6.07, 6.45) is 1.81. The fourth-order valence-electron chi connectivity index (χ4n) is 3.33. The molecule has 0 saturated heterocycles. The maximum Gasteiger partial charge on any atom is 0.244 e. The molecular weight excluding hydrogens is 442 g/mol. The molecule has 0 spiro atoms.